The van der Waals surface area contributed by atoms with Crippen LogP contribution in [0.3, 0.4) is 0 Å². The number of hydrogen-bond acceptors (Lipinski definition) is 4. The van der Waals surface area contributed by atoms with Crippen molar-refractivity contribution in [2.45, 2.75) is 0 Å². The van der Waals surface area contributed by atoms with E-state index < -0.39 is 17.5 Å². The van der Waals surface area contributed by atoms with Crippen molar-refractivity contribution < 1.29 is 24.2 Å². The zero-order valence-corrected chi connectivity index (χ0v) is 9.61. The van der Waals surface area contributed by atoms with E-state index in [1.165, 1.54) is 6.20 Å². The maximum atomic E-state index is 10.7. The molecule has 2 rings (SSSR count). The molecule has 1 aromatic carbocycles. The van der Waals surface area contributed by atoms with Gasteiger partial charge in [0.2, 0.25) is 5.89 Å². The standard InChI is InChI=1S/C13H9NO5/c15-12(16)10(13(17)18)6-9-7-14-11(19-9)8-4-2-1-3-5-8/h1-7H,(H,15,16)(H,17,18). The van der Waals surface area contributed by atoms with Gasteiger partial charge in [-0.25, -0.2) is 14.6 Å². The van der Waals surface area contributed by atoms with Crippen molar-refractivity contribution in [1.29, 1.82) is 0 Å². The number of benzene rings is 1. The molecule has 1 heterocycles. The first-order chi connectivity index (χ1) is 9.08. The van der Waals surface area contributed by atoms with Crippen molar-refractivity contribution in [2.24, 2.45) is 0 Å². The topological polar surface area (TPSA) is 101 Å². The molecular weight excluding hydrogens is 250 g/mol. The summed E-state index contributed by atoms with van der Waals surface area (Å²) >= 11 is 0. The lowest BCUT2D eigenvalue weighted by atomic mass is 10.2. The van der Waals surface area contributed by atoms with E-state index in [9.17, 15) is 9.59 Å². The van der Waals surface area contributed by atoms with E-state index in [-0.39, 0.29) is 5.76 Å². The van der Waals surface area contributed by atoms with Gasteiger partial charge in [-0.2, -0.15) is 0 Å². The predicted octanol–water partition coefficient (Wildman–Crippen LogP) is 1.89. The lowest BCUT2D eigenvalue weighted by Crippen LogP contribution is -2.10. The van der Waals surface area contributed by atoms with Crippen molar-refractivity contribution >= 4 is 18.0 Å². The van der Waals surface area contributed by atoms with E-state index in [4.69, 9.17) is 14.6 Å². The molecule has 6 nitrogen and oxygen atoms in total. The third-order valence-corrected chi connectivity index (χ3v) is 2.29. The van der Waals surface area contributed by atoms with Crippen LogP contribution in [-0.4, -0.2) is 27.1 Å². The molecule has 0 bridgehead atoms. The fourth-order valence-electron chi connectivity index (χ4n) is 1.42. The lowest BCUT2D eigenvalue weighted by Gasteiger charge is -1.94. The Morgan fingerprint density at radius 3 is 2.32 bits per heavy atom. The van der Waals surface area contributed by atoms with Crippen LogP contribution in [0.1, 0.15) is 5.76 Å². The Balaban J connectivity index is 2.34. The van der Waals surface area contributed by atoms with Crippen molar-refractivity contribution in [2.75, 3.05) is 0 Å². The molecule has 6 heteroatoms. The zero-order chi connectivity index (χ0) is 13.8. The number of carboxylic acid groups (broad SMARTS) is 2. The normalized spacial score (nSPS) is 9.89. The van der Waals surface area contributed by atoms with Crippen molar-refractivity contribution in [1.82, 2.24) is 4.98 Å². The maximum Gasteiger partial charge on any atom is 0.343 e. The van der Waals surface area contributed by atoms with Crippen LogP contribution in [0.25, 0.3) is 17.5 Å². The van der Waals surface area contributed by atoms with Crippen molar-refractivity contribution in [3.8, 4) is 11.5 Å². The third-order valence-electron chi connectivity index (χ3n) is 2.29. The molecule has 0 saturated carbocycles. The number of nitrogens with zero attached hydrogens (tertiary/aromatic N) is 1. The summed E-state index contributed by atoms with van der Waals surface area (Å²) in [6.45, 7) is 0. The molecule has 0 amide bonds. The molecule has 0 aliphatic carbocycles. The zero-order valence-electron chi connectivity index (χ0n) is 9.61. The molecule has 0 spiro atoms. The number of carbonyl (C=O) groups is 2. The summed E-state index contributed by atoms with van der Waals surface area (Å²) < 4.78 is 5.29. The van der Waals surface area contributed by atoms with Crippen LogP contribution in [0.4, 0.5) is 0 Å². The minimum Gasteiger partial charge on any atom is -0.477 e. The van der Waals surface area contributed by atoms with Crippen LogP contribution in [0.15, 0.2) is 46.5 Å². The Bertz CT molecular complexity index is 626. The highest BCUT2D eigenvalue weighted by Crippen LogP contribution is 2.20. The van der Waals surface area contributed by atoms with E-state index in [1.54, 1.807) is 24.3 Å². The van der Waals surface area contributed by atoms with E-state index >= 15 is 0 Å². The molecule has 2 N–H and O–H groups in total. The van der Waals surface area contributed by atoms with Crippen LogP contribution in [-0.2, 0) is 9.59 Å². The Morgan fingerprint density at radius 1 is 1.11 bits per heavy atom. The Kier molecular flexibility index (Phi) is 3.42. The van der Waals surface area contributed by atoms with Gasteiger partial charge < -0.3 is 14.6 Å². The highest BCUT2D eigenvalue weighted by molar-refractivity contribution is 6.16. The minimum absolute atomic E-state index is 0.0682. The fourth-order valence-corrected chi connectivity index (χ4v) is 1.42. The Labute approximate surface area is 107 Å². The molecule has 0 saturated heterocycles. The fraction of sp³-hybridized carbons (Fsp3) is 0. The predicted molar refractivity (Wildman–Crippen MR) is 65.2 cm³/mol. The molecule has 0 aliphatic rings. The van der Waals surface area contributed by atoms with Gasteiger partial charge in [0.25, 0.3) is 0 Å². The van der Waals surface area contributed by atoms with Crippen LogP contribution < -0.4 is 0 Å². The van der Waals surface area contributed by atoms with E-state index in [1.807, 2.05) is 6.07 Å². The summed E-state index contributed by atoms with van der Waals surface area (Å²) in [5.41, 5.74) is -0.0647. The summed E-state index contributed by atoms with van der Waals surface area (Å²) in [5.74, 6) is -2.71. The van der Waals surface area contributed by atoms with Gasteiger partial charge in [0.15, 0.2) is 0 Å². The van der Waals surface area contributed by atoms with Crippen LogP contribution >= 0.6 is 0 Å². The van der Waals surface area contributed by atoms with Gasteiger partial charge in [0.05, 0.1) is 6.20 Å². The summed E-state index contributed by atoms with van der Waals surface area (Å²) in [4.78, 5) is 25.4. The summed E-state index contributed by atoms with van der Waals surface area (Å²) in [7, 11) is 0. The first-order valence-corrected chi connectivity index (χ1v) is 5.27. The van der Waals surface area contributed by atoms with E-state index in [2.05, 4.69) is 4.98 Å². The molecule has 19 heavy (non-hydrogen) atoms. The molecule has 96 valence electrons. The van der Waals surface area contributed by atoms with Crippen LogP contribution in [0.2, 0.25) is 0 Å². The number of hydrogen-bond donors (Lipinski definition) is 2. The summed E-state index contributed by atoms with van der Waals surface area (Å²) in [6, 6.07) is 8.98. The largest absolute Gasteiger partial charge is 0.477 e. The van der Waals surface area contributed by atoms with Crippen LogP contribution in [0.5, 0.6) is 0 Å². The highest BCUT2D eigenvalue weighted by Gasteiger charge is 2.17. The average Bonchev–Trinajstić information content (AvgIpc) is 2.85. The Morgan fingerprint density at radius 2 is 1.74 bits per heavy atom. The second-order valence-corrected chi connectivity index (χ2v) is 3.60. The molecule has 1 aromatic heterocycles. The number of rotatable bonds is 4. The van der Waals surface area contributed by atoms with Gasteiger partial charge in [-0.3, -0.25) is 0 Å². The molecule has 2 aromatic rings. The second-order valence-electron chi connectivity index (χ2n) is 3.60. The first-order valence-electron chi connectivity index (χ1n) is 5.27. The average molecular weight is 259 g/mol. The number of oxazole rings is 1. The van der Waals surface area contributed by atoms with E-state index in [0.29, 0.717) is 11.5 Å². The minimum atomic E-state index is -1.54. The smallest absolute Gasteiger partial charge is 0.343 e. The molecular formula is C13H9NO5. The van der Waals surface area contributed by atoms with E-state index in [0.717, 1.165) is 6.08 Å². The number of carboxylic acids is 2. The van der Waals surface area contributed by atoms with Gasteiger partial charge in [0, 0.05) is 11.6 Å². The highest BCUT2D eigenvalue weighted by atomic mass is 16.4. The van der Waals surface area contributed by atoms with Gasteiger partial charge in [-0.15, -0.1) is 0 Å². The molecule has 0 atom stereocenters. The van der Waals surface area contributed by atoms with Gasteiger partial charge >= 0.3 is 11.9 Å². The van der Waals surface area contributed by atoms with Gasteiger partial charge in [-0.1, -0.05) is 18.2 Å². The maximum absolute atomic E-state index is 10.7. The second kappa shape index (κ2) is 5.18. The van der Waals surface area contributed by atoms with Gasteiger partial charge in [0.1, 0.15) is 11.3 Å². The molecule has 0 unspecified atom stereocenters. The number of aromatic nitrogens is 1. The Hall–Kier alpha value is -2.89. The third kappa shape index (κ3) is 2.86. The first kappa shape index (κ1) is 12.6. The van der Waals surface area contributed by atoms with Crippen molar-refractivity contribution in [3.05, 3.63) is 47.9 Å². The summed E-state index contributed by atoms with van der Waals surface area (Å²) in [6.07, 6.45) is 2.19. The quantitative estimate of drug-likeness (QED) is 0.494. The van der Waals surface area contributed by atoms with Crippen LogP contribution in [0, 0.1) is 0 Å². The monoisotopic (exact) mass is 259 g/mol. The summed E-state index contributed by atoms with van der Waals surface area (Å²) in [5, 5.41) is 17.4. The number of aliphatic carboxylic acids is 2. The SMILES string of the molecule is O=C(O)C(=Cc1cnc(-c2ccccc2)o1)C(=O)O. The lowest BCUT2D eigenvalue weighted by molar-refractivity contribution is -0.140. The van der Waals surface area contributed by atoms with Crippen molar-refractivity contribution in [3.63, 3.8) is 0 Å². The molecule has 0 radical (unpaired) electrons. The molecule has 0 aliphatic heterocycles. The molecule has 0 fully saturated rings. The van der Waals surface area contributed by atoms with Gasteiger partial charge in [-0.05, 0) is 12.1 Å².